The molecule has 78 valence electrons. The molecule has 0 aromatic carbocycles. The molecule has 0 saturated heterocycles. The lowest BCUT2D eigenvalue weighted by Gasteiger charge is -2.19. The van der Waals surface area contributed by atoms with Gasteiger partial charge in [-0.25, -0.2) is 0 Å². The number of carbonyl (C=O) groups is 1. The third-order valence-corrected chi connectivity index (χ3v) is 3.58. The summed E-state index contributed by atoms with van der Waals surface area (Å²) in [5, 5.41) is 2.64. The minimum absolute atomic E-state index is 0. The highest BCUT2D eigenvalue weighted by Crippen LogP contribution is 2.40. The molecule has 0 spiro atoms. The molecule has 2 heterocycles. The molecule has 14 heavy (non-hydrogen) atoms. The van der Waals surface area contributed by atoms with E-state index >= 15 is 0 Å². The maximum atomic E-state index is 11.4. The summed E-state index contributed by atoms with van der Waals surface area (Å²) >= 11 is 12.9. The summed E-state index contributed by atoms with van der Waals surface area (Å²) in [6, 6.07) is -0.246. The number of carbonyl (C=O) groups excluding carboxylic acids is 1. The highest BCUT2D eigenvalue weighted by molar-refractivity contribution is 7.20. The standard InChI is InChI=1S/C7H6Cl2N2OS.ClH/c8-5-3-2(10)1-11-7(12)4(3)6(9)13-5;/h2H,1,10H2,(H,11,12);1H. The minimum atomic E-state index is -0.246. The van der Waals surface area contributed by atoms with Crippen LogP contribution >= 0.6 is 46.9 Å². The van der Waals surface area contributed by atoms with Crippen molar-refractivity contribution in [1.82, 2.24) is 5.32 Å². The number of nitrogens with one attached hydrogen (secondary N) is 1. The zero-order chi connectivity index (χ0) is 9.59. The number of thiophene rings is 1. The van der Waals surface area contributed by atoms with Crippen LogP contribution in [-0.4, -0.2) is 12.5 Å². The van der Waals surface area contributed by atoms with Gasteiger partial charge in [0.2, 0.25) is 0 Å². The van der Waals surface area contributed by atoms with E-state index in [2.05, 4.69) is 5.32 Å². The minimum Gasteiger partial charge on any atom is -0.350 e. The van der Waals surface area contributed by atoms with Gasteiger partial charge in [-0.15, -0.1) is 23.7 Å². The Morgan fingerprint density at radius 3 is 2.64 bits per heavy atom. The van der Waals surface area contributed by atoms with Crippen molar-refractivity contribution < 1.29 is 4.79 Å². The summed E-state index contributed by atoms with van der Waals surface area (Å²) in [5.74, 6) is -0.190. The highest BCUT2D eigenvalue weighted by Gasteiger charge is 2.29. The number of hydrogen-bond donors (Lipinski definition) is 2. The van der Waals surface area contributed by atoms with Crippen LogP contribution in [0.1, 0.15) is 22.0 Å². The number of rotatable bonds is 0. The van der Waals surface area contributed by atoms with Gasteiger partial charge in [0.15, 0.2) is 0 Å². The molecule has 1 aliphatic heterocycles. The molecule has 3 N–H and O–H groups in total. The topological polar surface area (TPSA) is 55.1 Å². The Kier molecular flexibility index (Phi) is 3.66. The van der Waals surface area contributed by atoms with Crippen molar-refractivity contribution in [3.63, 3.8) is 0 Å². The molecule has 0 fully saturated rings. The predicted molar refractivity (Wildman–Crippen MR) is 60.8 cm³/mol. The van der Waals surface area contributed by atoms with Gasteiger partial charge in [0.1, 0.15) is 8.67 Å². The van der Waals surface area contributed by atoms with Gasteiger partial charge in [0.05, 0.1) is 11.6 Å². The summed E-state index contributed by atoms with van der Waals surface area (Å²) in [7, 11) is 0. The predicted octanol–water partition coefficient (Wildman–Crippen LogP) is 2.22. The van der Waals surface area contributed by atoms with Crippen LogP contribution in [0.15, 0.2) is 0 Å². The van der Waals surface area contributed by atoms with Crippen molar-refractivity contribution in [3.05, 3.63) is 19.8 Å². The quantitative estimate of drug-likeness (QED) is 0.761. The lowest BCUT2D eigenvalue weighted by Crippen LogP contribution is -2.37. The second kappa shape index (κ2) is 4.24. The summed E-state index contributed by atoms with van der Waals surface area (Å²) in [6.45, 7) is 0.415. The molecular formula is C7H7Cl3N2OS. The Morgan fingerprint density at radius 1 is 1.43 bits per heavy atom. The molecule has 1 aromatic rings. The molecule has 1 unspecified atom stereocenters. The van der Waals surface area contributed by atoms with E-state index in [1.807, 2.05) is 0 Å². The van der Waals surface area contributed by atoms with Crippen molar-refractivity contribution >= 4 is 52.9 Å². The number of hydrogen-bond acceptors (Lipinski definition) is 3. The van der Waals surface area contributed by atoms with Crippen LogP contribution in [0.4, 0.5) is 0 Å². The Morgan fingerprint density at radius 2 is 2.07 bits per heavy atom. The highest BCUT2D eigenvalue weighted by atomic mass is 35.5. The molecule has 0 bridgehead atoms. The number of nitrogens with two attached hydrogens (primary N) is 1. The fraction of sp³-hybridized carbons (Fsp3) is 0.286. The van der Waals surface area contributed by atoms with Gasteiger partial charge in [-0.2, -0.15) is 0 Å². The molecule has 1 aliphatic rings. The third kappa shape index (κ3) is 1.73. The monoisotopic (exact) mass is 272 g/mol. The second-order valence-electron chi connectivity index (χ2n) is 2.75. The van der Waals surface area contributed by atoms with E-state index < -0.39 is 0 Å². The van der Waals surface area contributed by atoms with E-state index in [-0.39, 0.29) is 24.4 Å². The molecule has 3 nitrogen and oxygen atoms in total. The number of halogens is 3. The van der Waals surface area contributed by atoms with Crippen LogP contribution in [0.25, 0.3) is 0 Å². The van der Waals surface area contributed by atoms with E-state index in [1.54, 1.807) is 0 Å². The van der Waals surface area contributed by atoms with Crippen LogP contribution in [0.2, 0.25) is 8.67 Å². The molecule has 2 rings (SSSR count). The zero-order valence-electron chi connectivity index (χ0n) is 6.84. The Bertz CT molecular complexity index is 379. The van der Waals surface area contributed by atoms with Gasteiger partial charge in [-0.3, -0.25) is 4.79 Å². The summed E-state index contributed by atoms with van der Waals surface area (Å²) < 4.78 is 0.926. The first-order chi connectivity index (χ1) is 6.11. The van der Waals surface area contributed by atoms with Crippen LogP contribution in [0, 0.1) is 0 Å². The zero-order valence-corrected chi connectivity index (χ0v) is 9.99. The first kappa shape index (κ1) is 12.1. The number of fused-ring (bicyclic) bond motifs is 1. The van der Waals surface area contributed by atoms with Crippen molar-refractivity contribution in [2.24, 2.45) is 5.73 Å². The molecule has 0 radical (unpaired) electrons. The Balaban J connectivity index is 0.000000980. The van der Waals surface area contributed by atoms with Gasteiger partial charge >= 0.3 is 0 Å². The van der Waals surface area contributed by atoms with Crippen molar-refractivity contribution in [1.29, 1.82) is 0 Å². The maximum absolute atomic E-state index is 11.4. The molecule has 0 saturated carbocycles. The lowest BCUT2D eigenvalue weighted by molar-refractivity contribution is 0.0941. The first-order valence-electron chi connectivity index (χ1n) is 3.62. The summed E-state index contributed by atoms with van der Waals surface area (Å²) in [4.78, 5) is 11.4. The molecule has 1 aromatic heterocycles. The van der Waals surface area contributed by atoms with E-state index in [0.717, 1.165) is 0 Å². The van der Waals surface area contributed by atoms with Gasteiger partial charge in [0.25, 0.3) is 5.91 Å². The third-order valence-electron chi connectivity index (χ3n) is 1.94. The number of amides is 1. The molecule has 7 heteroatoms. The van der Waals surface area contributed by atoms with Gasteiger partial charge in [0, 0.05) is 12.1 Å². The average Bonchev–Trinajstić information content (AvgIpc) is 2.36. The van der Waals surface area contributed by atoms with Crippen molar-refractivity contribution in [2.75, 3.05) is 6.54 Å². The Labute approximate surface area is 101 Å². The van der Waals surface area contributed by atoms with Crippen LogP contribution in [0.5, 0.6) is 0 Å². The molecule has 1 amide bonds. The Hall–Kier alpha value is -0.0000000000000000833. The van der Waals surface area contributed by atoms with E-state index in [4.69, 9.17) is 28.9 Å². The fourth-order valence-corrected chi connectivity index (χ4v) is 3.15. The lowest BCUT2D eigenvalue weighted by atomic mass is 10.0. The second-order valence-corrected chi connectivity index (χ2v) is 4.98. The van der Waals surface area contributed by atoms with E-state index in [9.17, 15) is 4.79 Å². The maximum Gasteiger partial charge on any atom is 0.254 e. The molecule has 0 aliphatic carbocycles. The van der Waals surface area contributed by atoms with Gasteiger partial charge in [-0.05, 0) is 0 Å². The van der Waals surface area contributed by atoms with Gasteiger partial charge in [-0.1, -0.05) is 23.2 Å². The van der Waals surface area contributed by atoms with Crippen molar-refractivity contribution in [3.8, 4) is 0 Å². The first-order valence-corrected chi connectivity index (χ1v) is 5.20. The molecule has 1 atom stereocenters. The van der Waals surface area contributed by atoms with Crippen LogP contribution < -0.4 is 11.1 Å². The SMILES string of the molecule is Cl.NC1CNC(=O)c2c(Cl)sc(Cl)c21. The summed E-state index contributed by atoms with van der Waals surface area (Å²) in [6.07, 6.45) is 0. The van der Waals surface area contributed by atoms with Crippen LogP contribution in [0.3, 0.4) is 0 Å². The fourth-order valence-electron chi connectivity index (χ4n) is 1.32. The van der Waals surface area contributed by atoms with Crippen molar-refractivity contribution in [2.45, 2.75) is 6.04 Å². The average molecular weight is 274 g/mol. The normalized spacial score (nSPS) is 19.6. The summed E-state index contributed by atoms with van der Waals surface area (Å²) in [5.41, 5.74) is 6.89. The van der Waals surface area contributed by atoms with Crippen LogP contribution in [-0.2, 0) is 0 Å². The smallest absolute Gasteiger partial charge is 0.254 e. The van der Waals surface area contributed by atoms with E-state index in [0.29, 0.717) is 26.3 Å². The largest absolute Gasteiger partial charge is 0.350 e. The molecular weight excluding hydrogens is 267 g/mol. The van der Waals surface area contributed by atoms with E-state index in [1.165, 1.54) is 11.3 Å². The van der Waals surface area contributed by atoms with Gasteiger partial charge < -0.3 is 11.1 Å².